The van der Waals surface area contributed by atoms with Gasteiger partial charge < -0.3 is 20.5 Å². The molecule has 3 aromatic rings. The summed E-state index contributed by atoms with van der Waals surface area (Å²) in [4.78, 5) is 28.2. The van der Waals surface area contributed by atoms with Gasteiger partial charge in [-0.15, -0.1) is 0 Å². The van der Waals surface area contributed by atoms with E-state index in [9.17, 15) is 9.90 Å². The number of benzene rings is 1. The topological polar surface area (TPSA) is 113 Å². The summed E-state index contributed by atoms with van der Waals surface area (Å²) in [5.74, 6) is 0.773. The molecule has 1 aromatic carbocycles. The molecule has 2 atom stereocenters. The Labute approximate surface area is 223 Å². The van der Waals surface area contributed by atoms with Crippen molar-refractivity contribution in [2.24, 2.45) is 0 Å². The summed E-state index contributed by atoms with van der Waals surface area (Å²) >= 11 is 1.59. The first-order valence-electron chi connectivity index (χ1n) is 12.5. The van der Waals surface area contributed by atoms with Crippen LogP contribution in [0.2, 0.25) is 0 Å². The predicted octanol–water partition coefficient (Wildman–Crippen LogP) is 6.58. The maximum Gasteiger partial charge on any atom is 0.408 e. The van der Waals surface area contributed by atoms with E-state index < -0.39 is 11.6 Å². The second kappa shape index (κ2) is 12.3. The van der Waals surface area contributed by atoms with Crippen molar-refractivity contribution in [3.63, 3.8) is 0 Å². The Hall–Kier alpha value is -3.24. The van der Waals surface area contributed by atoms with E-state index in [1.165, 1.54) is 4.90 Å². The molecule has 0 aliphatic carbocycles. The Morgan fingerprint density at radius 1 is 1.16 bits per heavy atom. The monoisotopic (exact) mass is 526 g/mol. The van der Waals surface area contributed by atoms with Gasteiger partial charge in [-0.3, -0.25) is 4.90 Å². The summed E-state index contributed by atoms with van der Waals surface area (Å²) in [6.07, 6.45) is 1.78. The number of hydrogen-bond donors (Lipinski definition) is 3. The van der Waals surface area contributed by atoms with Crippen molar-refractivity contribution in [1.29, 1.82) is 0 Å². The number of anilines is 3. The number of hydrogen-bond acceptors (Lipinski definition) is 8. The van der Waals surface area contributed by atoms with Gasteiger partial charge >= 0.3 is 6.09 Å². The molecule has 3 N–H and O–H groups in total. The average molecular weight is 527 g/mol. The summed E-state index contributed by atoms with van der Waals surface area (Å²) in [5.41, 5.74) is 3.08. The van der Waals surface area contributed by atoms with Crippen molar-refractivity contribution in [3.05, 3.63) is 47.8 Å². The third-order valence-corrected chi connectivity index (χ3v) is 7.02. The van der Waals surface area contributed by atoms with E-state index in [2.05, 4.69) is 36.4 Å². The third kappa shape index (κ3) is 7.62. The highest BCUT2D eigenvalue weighted by Gasteiger charge is 2.26. The largest absolute Gasteiger partial charge is 0.465 e. The molecule has 0 saturated carbocycles. The van der Waals surface area contributed by atoms with Crippen molar-refractivity contribution in [2.75, 3.05) is 24.4 Å². The Balaban J connectivity index is 1.80. The molecule has 2 heterocycles. The minimum Gasteiger partial charge on any atom is -0.465 e. The molecule has 9 nitrogen and oxygen atoms in total. The van der Waals surface area contributed by atoms with E-state index in [1.54, 1.807) is 24.6 Å². The first kappa shape index (κ1) is 28.3. The molecule has 10 heteroatoms. The van der Waals surface area contributed by atoms with Crippen LogP contribution in [0, 0.1) is 0 Å². The Morgan fingerprint density at radius 3 is 2.46 bits per heavy atom. The minimum atomic E-state index is -0.939. The zero-order chi connectivity index (χ0) is 27.2. The Bertz CT molecular complexity index is 1180. The molecule has 200 valence electrons. The maximum absolute atomic E-state index is 11.7. The number of methoxy groups -OCH3 is 1. The SMILES string of the molecule is CCC(C)c1nc(NC(C)COC)sc1-c1ccnc(Nc2ccc(CN(C(=O)O)C(C)(C)C)cc2)n1. The lowest BCUT2D eigenvalue weighted by molar-refractivity contribution is 0.0955. The van der Waals surface area contributed by atoms with Crippen molar-refractivity contribution in [1.82, 2.24) is 19.9 Å². The Kier molecular flexibility index (Phi) is 9.45. The summed E-state index contributed by atoms with van der Waals surface area (Å²) in [7, 11) is 1.69. The predicted molar refractivity (Wildman–Crippen MR) is 150 cm³/mol. The average Bonchev–Trinajstić information content (AvgIpc) is 3.26. The zero-order valence-electron chi connectivity index (χ0n) is 22.7. The van der Waals surface area contributed by atoms with E-state index in [4.69, 9.17) is 14.7 Å². The summed E-state index contributed by atoms with van der Waals surface area (Å²) in [6, 6.07) is 9.69. The van der Waals surface area contributed by atoms with Gasteiger partial charge in [0, 0.05) is 37.1 Å². The molecule has 0 spiro atoms. The van der Waals surface area contributed by atoms with Crippen molar-refractivity contribution in [3.8, 4) is 10.6 Å². The smallest absolute Gasteiger partial charge is 0.408 e. The molecule has 1 amide bonds. The van der Waals surface area contributed by atoms with Crippen LogP contribution in [-0.2, 0) is 11.3 Å². The van der Waals surface area contributed by atoms with Gasteiger partial charge in [-0.2, -0.15) is 0 Å². The fourth-order valence-corrected chi connectivity index (χ4v) is 4.92. The zero-order valence-corrected chi connectivity index (χ0v) is 23.5. The van der Waals surface area contributed by atoms with Crippen molar-refractivity contribution >= 4 is 34.2 Å². The van der Waals surface area contributed by atoms with Crippen LogP contribution >= 0.6 is 11.3 Å². The third-order valence-electron chi connectivity index (χ3n) is 6.00. The first-order valence-corrected chi connectivity index (χ1v) is 13.3. The van der Waals surface area contributed by atoms with E-state index in [-0.39, 0.29) is 12.0 Å². The standard InChI is InChI=1S/C27H38N6O3S/c1-8-17(2)22-23(37-25(32-22)29-18(3)16-36-7)21-13-14-28-24(31-21)30-20-11-9-19(10-12-20)15-33(26(34)35)27(4,5)6/h9-14,17-18H,8,15-16H2,1-7H3,(H,29,32)(H,34,35)(H,28,30,31). The highest BCUT2D eigenvalue weighted by atomic mass is 32.1. The van der Waals surface area contributed by atoms with Crippen LogP contribution in [0.15, 0.2) is 36.5 Å². The molecule has 2 aromatic heterocycles. The molecule has 3 rings (SSSR count). The van der Waals surface area contributed by atoms with Crippen LogP contribution in [0.3, 0.4) is 0 Å². The lowest BCUT2D eigenvalue weighted by atomic mass is 10.0. The highest BCUT2D eigenvalue weighted by Crippen LogP contribution is 2.37. The van der Waals surface area contributed by atoms with E-state index in [0.717, 1.165) is 39.1 Å². The fourth-order valence-electron chi connectivity index (χ4n) is 3.75. The van der Waals surface area contributed by atoms with Gasteiger partial charge in [0.1, 0.15) is 0 Å². The molecule has 2 unspecified atom stereocenters. The number of carboxylic acid groups (broad SMARTS) is 1. The normalized spacial score (nSPS) is 13.2. The minimum absolute atomic E-state index is 0.144. The highest BCUT2D eigenvalue weighted by molar-refractivity contribution is 7.19. The van der Waals surface area contributed by atoms with E-state index in [0.29, 0.717) is 19.1 Å². The molecular weight excluding hydrogens is 488 g/mol. The number of nitrogens with one attached hydrogen (secondary N) is 2. The molecular formula is C27H38N6O3S. The van der Waals surface area contributed by atoms with Gasteiger partial charge in [0.25, 0.3) is 0 Å². The van der Waals surface area contributed by atoms with E-state index in [1.807, 2.05) is 51.1 Å². The van der Waals surface area contributed by atoms with Crippen LogP contribution in [0.4, 0.5) is 21.6 Å². The number of carbonyl (C=O) groups is 1. The number of thiazole rings is 1. The lowest BCUT2D eigenvalue weighted by Gasteiger charge is -2.33. The molecule has 0 radical (unpaired) electrons. The summed E-state index contributed by atoms with van der Waals surface area (Å²) in [5, 5.41) is 17.1. The van der Waals surface area contributed by atoms with Crippen LogP contribution in [0.1, 0.15) is 65.1 Å². The van der Waals surface area contributed by atoms with Gasteiger partial charge in [-0.25, -0.2) is 19.7 Å². The van der Waals surface area contributed by atoms with Gasteiger partial charge in [0.05, 0.1) is 22.9 Å². The fraction of sp³-hybridized carbons (Fsp3) is 0.481. The second-order valence-corrected chi connectivity index (χ2v) is 11.2. The molecule has 0 aliphatic heterocycles. The molecule has 0 fully saturated rings. The summed E-state index contributed by atoms with van der Waals surface area (Å²) in [6.45, 7) is 13.0. The number of ether oxygens (including phenoxy) is 1. The number of aromatic nitrogens is 3. The number of nitrogens with zero attached hydrogens (tertiary/aromatic N) is 4. The van der Waals surface area contributed by atoms with Gasteiger partial charge in [0.2, 0.25) is 5.95 Å². The number of rotatable bonds is 11. The van der Waals surface area contributed by atoms with Crippen LogP contribution in [0.25, 0.3) is 10.6 Å². The first-order chi connectivity index (χ1) is 17.5. The summed E-state index contributed by atoms with van der Waals surface area (Å²) < 4.78 is 5.25. The van der Waals surface area contributed by atoms with Gasteiger partial charge in [-0.05, 0) is 63.8 Å². The van der Waals surface area contributed by atoms with E-state index >= 15 is 0 Å². The quantitative estimate of drug-likeness (QED) is 0.257. The molecule has 0 aliphatic rings. The molecule has 0 bridgehead atoms. The molecule has 37 heavy (non-hydrogen) atoms. The number of amides is 1. The van der Waals surface area contributed by atoms with Crippen molar-refractivity contribution < 1.29 is 14.6 Å². The van der Waals surface area contributed by atoms with Crippen LogP contribution in [0.5, 0.6) is 0 Å². The van der Waals surface area contributed by atoms with Crippen molar-refractivity contribution in [2.45, 2.75) is 72.0 Å². The lowest BCUT2D eigenvalue weighted by Crippen LogP contribution is -2.44. The van der Waals surface area contributed by atoms with Gasteiger partial charge in [0.15, 0.2) is 5.13 Å². The van der Waals surface area contributed by atoms with Gasteiger partial charge in [-0.1, -0.05) is 37.3 Å². The van der Waals surface area contributed by atoms with Crippen LogP contribution < -0.4 is 10.6 Å². The second-order valence-electron chi connectivity index (χ2n) is 10.2. The Morgan fingerprint density at radius 2 is 1.86 bits per heavy atom. The maximum atomic E-state index is 11.7. The molecule has 0 saturated heterocycles. The van der Waals surface area contributed by atoms with Crippen LogP contribution in [-0.4, -0.2) is 56.3 Å².